The van der Waals surface area contributed by atoms with Crippen LogP contribution in [0.2, 0.25) is 0 Å². The minimum Gasteiger partial charge on any atom is -0.493 e. The number of aliphatic hydroxyl groups excluding tert-OH is 1. The first-order valence-corrected chi connectivity index (χ1v) is 13.6. The molecular weight excluding hydrogens is 549 g/mol. The smallest absolute Gasteiger partial charge is 0.416 e. The zero-order chi connectivity index (χ0) is 30.2. The van der Waals surface area contributed by atoms with Crippen LogP contribution in [0.1, 0.15) is 47.4 Å². The second-order valence-electron chi connectivity index (χ2n) is 10.9. The number of ether oxygens (including phenoxy) is 3. The summed E-state index contributed by atoms with van der Waals surface area (Å²) in [5, 5.41) is 14.0. The molecule has 0 saturated carbocycles. The van der Waals surface area contributed by atoms with E-state index < -0.39 is 23.2 Å². The van der Waals surface area contributed by atoms with E-state index in [1.165, 1.54) is 6.07 Å². The Morgan fingerprint density at radius 3 is 2.33 bits per heavy atom. The number of fused-ring (bicyclic) bond motifs is 3. The molecule has 5 rings (SSSR count). The molecule has 0 radical (unpaired) electrons. The van der Waals surface area contributed by atoms with Crippen molar-refractivity contribution in [2.24, 2.45) is 0 Å². The Labute approximate surface area is 241 Å². The number of carbonyl (C=O) groups excluding carboxylic acids is 1. The monoisotopic (exact) mass is 582 g/mol. The fraction of sp³-hybridized carbons (Fsp3) is 0.344. The Bertz CT molecular complexity index is 1630. The number of aliphatic hydroxyl groups is 1. The summed E-state index contributed by atoms with van der Waals surface area (Å²) in [4.78, 5) is 17.1. The number of carbonyl (C=O) groups is 1. The Morgan fingerprint density at radius 1 is 1.00 bits per heavy atom. The van der Waals surface area contributed by atoms with Crippen LogP contribution in [0.5, 0.6) is 17.2 Å². The molecule has 0 spiro atoms. The van der Waals surface area contributed by atoms with E-state index in [1.54, 1.807) is 32.4 Å². The van der Waals surface area contributed by atoms with Crippen LogP contribution in [0, 0.1) is 0 Å². The highest BCUT2D eigenvalue weighted by atomic mass is 19.4. The summed E-state index contributed by atoms with van der Waals surface area (Å²) in [5.41, 5.74) is 2.02. The van der Waals surface area contributed by atoms with Crippen molar-refractivity contribution in [3.8, 4) is 28.4 Å². The van der Waals surface area contributed by atoms with Crippen LogP contribution in [0.3, 0.4) is 0 Å². The van der Waals surface area contributed by atoms with Gasteiger partial charge in [-0.3, -0.25) is 4.79 Å². The molecule has 0 saturated heterocycles. The summed E-state index contributed by atoms with van der Waals surface area (Å²) >= 11 is 0. The molecule has 1 aliphatic rings. The van der Waals surface area contributed by atoms with Crippen molar-refractivity contribution >= 4 is 16.8 Å². The van der Waals surface area contributed by atoms with Crippen LogP contribution in [0.4, 0.5) is 13.2 Å². The minimum atomic E-state index is -4.49. The number of rotatable bonds is 8. The van der Waals surface area contributed by atoms with Crippen molar-refractivity contribution in [2.45, 2.75) is 50.9 Å². The van der Waals surface area contributed by atoms with Gasteiger partial charge >= 0.3 is 6.18 Å². The number of halogens is 3. The highest BCUT2D eigenvalue weighted by Gasteiger charge is 2.39. The first-order chi connectivity index (χ1) is 20.0. The van der Waals surface area contributed by atoms with Gasteiger partial charge in [0, 0.05) is 23.0 Å². The summed E-state index contributed by atoms with van der Waals surface area (Å²) in [5.74, 6) is 1.02. The molecule has 1 unspecified atom stereocenters. The Kier molecular flexibility index (Phi) is 7.85. The molecule has 0 bridgehead atoms. The second kappa shape index (κ2) is 11.2. The van der Waals surface area contributed by atoms with Crippen LogP contribution in [0.15, 0.2) is 54.6 Å². The number of aryl methyl sites for hydroxylation is 1. The summed E-state index contributed by atoms with van der Waals surface area (Å²) in [6.45, 7) is 3.32. The highest BCUT2D eigenvalue weighted by molar-refractivity contribution is 5.99. The molecule has 0 aliphatic heterocycles. The average molecular weight is 583 g/mol. The maximum absolute atomic E-state index is 13.9. The van der Waals surface area contributed by atoms with Gasteiger partial charge in [0.25, 0.3) is 5.91 Å². The van der Waals surface area contributed by atoms with Gasteiger partial charge in [0.15, 0.2) is 11.5 Å². The summed E-state index contributed by atoms with van der Waals surface area (Å²) < 4.78 is 57.1. The van der Waals surface area contributed by atoms with E-state index in [1.807, 2.05) is 32.0 Å². The molecule has 3 aromatic carbocycles. The largest absolute Gasteiger partial charge is 0.493 e. The number of alkyl halides is 3. The van der Waals surface area contributed by atoms with E-state index in [0.717, 1.165) is 29.0 Å². The fourth-order valence-electron chi connectivity index (χ4n) is 5.54. The van der Waals surface area contributed by atoms with Crippen molar-refractivity contribution in [1.29, 1.82) is 0 Å². The molecule has 1 atom stereocenters. The van der Waals surface area contributed by atoms with Gasteiger partial charge in [-0.25, -0.2) is 0 Å². The summed E-state index contributed by atoms with van der Waals surface area (Å²) in [7, 11) is 3.09. The van der Waals surface area contributed by atoms with Gasteiger partial charge in [-0.05, 0) is 85.8 Å². The van der Waals surface area contributed by atoms with Crippen LogP contribution in [0.25, 0.3) is 22.0 Å². The van der Waals surface area contributed by atoms with E-state index in [0.29, 0.717) is 46.6 Å². The lowest BCUT2D eigenvalue weighted by Crippen LogP contribution is -2.54. The molecule has 1 heterocycles. The summed E-state index contributed by atoms with van der Waals surface area (Å²) in [6, 6.07) is 14.3. The van der Waals surface area contributed by atoms with Crippen molar-refractivity contribution in [2.75, 3.05) is 20.8 Å². The quantitative estimate of drug-likeness (QED) is 0.227. The zero-order valence-corrected chi connectivity index (χ0v) is 23.8. The molecule has 3 N–H and O–H groups in total. The topological polar surface area (TPSA) is 92.8 Å². The Hall–Kier alpha value is -4.18. The van der Waals surface area contributed by atoms with Crippen LogP contribution in [-0.4, -0.2) is 48.5 Å². The van der Waals surface area contributed by atoms with Crippen LogP contribution >= 0.6 is 0 Å². The van der Waals surface area contributed by atoms with Gasteiger partial charge in [-0.1, -0.05) is 12.1 Å². The Morgan fingerprint density at radius 2 is 1.69 bits per heavy atom. The number of hydrogen-bond donors (Lipinski definition) is 3. The van der Waals surface area contributed by atoms with Crippen molar-refractivity contribution in [3.05, 3.63) is 77.0 Å². The molecular formula is C32H33F3N2O5. The van der Waals surface area contributed by atoms with E-state index in [4.69, 9.17) is 14.2 Å². The third-order valence-corrected chi connectivity index (χ3v) is 7.68. The van der Waals surface area contributed by atoms with E-state index >= 15 is 0 Å². The summed E-state index contributed by atoms with van der Waals surface area (Å²) in [6.07, 6.45) is -3.67. The van der Waals surface area contributed by atoms with E-state index in [-0.39, 0.29) is 24.7 Å². The maximum atomic E-state index is 13.9. The lowest BCUT2D eigenvalue weighted by molar-refractivity contribution is -0.137. The average Bonchev–Trinajstić information content (AvgIpc) is 3.33. The number of methoxy groups -OCH3 is 2. The maximum Gasteiger partial charge on any atom is 0.416 e. The number of aromatic nitrogens is 1. The van der Waals surface area contributed by atoms with Crippen molar-refractivity contribution in [3.63, 3.8) is 0 Å². The van der Waals surface area contributed by atoms with Crippen molar-refractivity contribution < 1.29 is 37.3 Å². The number of hydrogen-bond acceptors (Lipinski definition) is 5. The normalized spacial score (nSPS) is 16.8. The van der Waals surface area contributed by atoms with Gasteiger partial charge in [-0.15, -0.1) is 0 Å². The molecule has 0 fully saturated rings. The fourth-order valence-corrected chi connectivity index (χ4v) is 5.54. The standard InChI is InChI=1S/C32H33F3N2O5/c1-18(2)42-27-9-5-19(20-6-10-28(40-3)29(14-20)41-4)13-23(27)30(39)37-31(17-38)12-11-26-24(16-31)22-15-21(32(33,34)35)7-8-25(22)36-26/h5-10,13-15,18,36,38H,11-12,16-17H2,1-4H3,(H,37,39). The molecule has 1 aliphatic carbocycles. The molecule has 42 heavy (non-hydrogen) atoms. The van der Waals surface area contributed by atoms with E-state index in [2.05, 4.69) is 10.3 Å². The highest BCUT2D eigenvalue weighted by Crippen LogP contribution is 2.39. The molecule has 10 heteroatoms. The number of benzene rings is 3. The van der Waals surface area contributed by atoms with Gasteiger partial charge in [-0.2, -0.15) is 13.2 Å². The van der Waals surface area contributed by atoms with Gasteiger partial charge in [0.1, 0.15) is 5.75 Å². The van der Waals surface area contributed by atoms with Crippen molar-refractivity contribution in [1.82, 2.24) is 10.3 Å². The van der Waals surface area contributed by atoms with E-state index in [9.17, 15) is 23.1 Å². The molecule has 7 nitrogen and oxygen atoms in total. The van der Waals surface area contributed by atoms with Crippen LogP contribution in [-0.2, 0) is 19.0 Å². The van der Waals surface area contributed by atoms with Gasteiger partial charge in [0.2, 0.25) is 0 Å². The lowest BCUT2D eigenvalue weighted by atomic mass is 9.79. The molecule has 222 valence electrons. The third kappa shape index (κ3) is 5.63. The molecule has 4 aromatic rings. The first-order valence-electron chi connectivity index (χ1n) is 13.6. The molecule has 1 aromatic heterocycles. The lowest BCUT2D eigenvalue weighted by Gasteiger charge is -2.37. The SMILES string of the molecule is COc1ccc(-c2ccc(OC(C)C)c(C(=O)NC3(CO)CCc4[nH]c5ccc(C(F)(F)F)cc5c4C3)c2)cc1OC. The number of aromatic amines is 1. The van der Waals surface area contributed by atoms with Crippen LogP contribution < -0.4 is 19.5 Å². The number of H-pyrrole nitrogens is 1. The first kappa shape index (κ1) is 29.3. The van der Waals surface area contributed by atoms with Gasteiger partial charge in [0.05, 0.1) is 43.6 Å². The third-order valence-electron chi connectivity index (χ3n) is 7.68. The molecule has 1 amide bonds. The Balaban J connectivity index is 1.50. The second-order valence-corrected chi connectivity index (χ2v) is 10.9. The van der Waals surface area contributed by atoms with Gasteiger partial charge < -0.3 is 29.6 Å². The predicted molar refractivity (Wildman–Crippen MR) is 153 cm³/mol. The number of amides is 1. The predicted octanol–water partition coefficient (Wildman–Crippen LogP) is 6.31. The minimum absolute atomic E-state index is 0.168. The number of nitrogens with one attached hydrogen (secondary N) is 2. The zero-order valence-electron chi connectivity index (χ0n) is 23.8.